The second-order valence-electron chi connectivity index (χ2n) is 6.01. The van der Waals surface area contributed by atoms with Crippen LogP contribution in [0.2, 0.25) is 0 Å². The van der Waals surface area contributed by atoms with Crippen molar-refractivity contribution in [2.75, 3.05) is 6.54 Å². The Labute approximate surface area is 114 Å². The van der Waals surface area contributed by atoms with Crippen LogP contribution in [-0.4, -0.2) is 18.3 Å². The molecule has 0 amide bonds. The smallest absolute Gasteiger partial charge is 0.123 e. The van der Waals surface area contributed by atoms with Crippen LogP contribution in [0, 0.1) is 12.7 Å². The largest absolute Gasteiger partial charge is 0.314 e. The van der Waals surface area contributed by atoms with E-state index in [9.17, 15) is 8.78 Å². The third-order valence-electron chi connectivity index (χ3n) is 3.95. The second-order valence-corrected chi connectivity index (χ2v) is 6.01. The molecular weight excluding hydrogens is 244 g/mol. The third kappa shape index (κ3) is 4.27. The topological polar surface area (TPSA) is 12.0 Å². The quantitative estimate of drug-likeness (QED) is 0.871. The Morgan fingerprint density at radius 1 is 1.37 bits per heavy atom. The van der Waals surface area contributed by atoms with Gasteiger partial charge in [0.25, 0.3) is 0 Å². The van der Waals surface area contributed by atoms with E-state index in [1.165, 1.54) is 25.0 Å². The zero-order chi connectivity index (χ0) is 13.9. The summed E-state index contributed by atoms with van der Waals surface area (Å²) in [6.07, 6.45) is 4.19. The predicted molar refractivity (Wildman–Crippen MR) is 74.6 cm³/mol. The lowest BCUT2D eigenvalue weighted by molar-refractivity contribution is 0.145. The monoisotopic (exact) mass is 267 g/mol. The van der Waals surface area contributed by atoms with Gasteiger partial charge in [-0.25, -0.2) is 8.78 Å². The summed E-state index contributed by atoms with van der Waals surface area (Å²) in [6, 6.07) is 4.87. The highest BCUT2D eigenvalue weighted by Gasteiger charge is 2.29. The van der Waals surface area contributed by atoms with Crippen LogP contribution in [-0.2, 0) is 6.42 Å². The molecule has 1 aliphatic heterocycles. The normalized spacial score (nSPS) is 23.1. The van der Waals surface area contributed by atoms with Gasteiger partial charge in [-0.15, -0.1) is 0 Å². The summed E-state index contributed by atoms with van der Waals surface area (Å²) in [4.78, 5) is 0. The zero-order valence-corrected chi connectivity index (χ0v) is 11.8. The Morgan fingerprint density at radius 3 is 2.84 bits per heavy atom. The molecule has 0 bridgehead atoms. The van der Waals surface area contributed by atoms with Crippen molar-refractivity contribution in [1.29, 1.82) is 0 Å². The van der Waals surface area contributed by atoms with Crippen molar-refractivity contribution in [3.05, 3.63) is 35.1 Å². The lowest BCUT2D eigenvalue weighted by Gasteiger charge is -2.30. The first-order valence-electron chi connectivity index (χ1n) is 7.14. The highest BCUT2D eigenvalue weighted by molar-refractivity contribution is 5.28. The van der Waals surface area contributed by atoms with Crippen molar-refractivity contribution in [3.8, 4) is 0 Å². The van der Waals surface area contributed by atoms with Crippen molar-refractivity contribution in [2.45, 2.75) is 57.7 Å². The molecule has 0 aromatic heterocycles. The lowest BCUT2D eigenvalue weighted by atomic mass is 9.87. The Morgan fingerprint density at radius 2 is 2.16 bits per heavy atom. The number of halogens is 2. The van der Waals surface area contributed by atoms with Crippen LogP contribution in [0.5, 0.6) is 0 Å². The third-order valence-corrected chi connectivity index (χ3v) is 3.95. The Kier molecular flexibility index (Phi) is 4.56. The van der Waals surface area contributed by atoms with E-state index in [1.807, 2.05) is 6.92 Å². The van der Waals surface area contributed by atoms with Crippen molar-refractivity contribution in [1.82, 2.24) is 5.32 Å². The van der Waals surface area contributed by atoms with E-state index < -0.39 is 5.67 Å². The zero-order valence-electron chi connectivity index (χ0n) is 11.8. The Bertz CT molecular complexity index is 423. The first kappa shape index (κ1) is 14.4. The van der Waals surface area contributed by atoms with Gasteiger partial charge in [-0.05, 0) is 62.9 Å². The summed E-state index contributed by atoms with van der Waals surface area (Å²) in [7, 11) is 0. The fraction of sp³-hybridized carbons (Fsp3) is 0.625. The number of hydrogen-bond donors (Lipinski definition) is 1. The van der Waals surface area contributed by atoms with Crippen LogP contribution >= 0.6 is 0 Å². The van der Waals surface area contributed by atoms with Gasteiger partial charge in [0.05, 0.1) is 0 Å². The van der Waals surface area contributed by atoms with Gasteiger partial charge in [0.15, 0.2) is 0 Å². The van der Waals surface area contributed by atoms with Gasteiger partial charge in [0.1, 0.15) is 11.5 Å². The molecule has 1 fully saturated rings. The minimum Gasteiger partial charge on any atom is -0.314 e. The molecule has 2 rings (SSSR count). The van der Waals surface area contributed by atoms with Gasteiger partial charge in [-0.3, -0.25) is 0 Å². The lowest BCUT2D eigenvalue weighted by Crippen LogP contribution is -2.40. The fourth-order valence-electron chi connectivity index (χ4n) is 2.91. The Balaban J connectivity index is 2.00. The number of hydrogen-bond acceptors (Lipinski definition) is 1. The molecule has 106 valence electrons. The van der Waals surface area contributed by atoms with Gasteiger partial charge in [0, 0.05) is 12.5 Å². The summed E-state index contributed by atoms with van der Waals surface area (Å²) in [6.45, 7) is 4.52. The molecule has 1 saturated heterocycles. The molecular formula is C16H23F2N. The molecule has 2 atom stereocenters. The average molecular weight is 267 g/mol. The summed E-state index contributed by atoms with van der Waals surface area (Å²) in [5.74, 6) is -0.285. The first-order valence-corrected chi connectivity index (χ1v) is 7.14. The molecule has 1 heterocycles. The SMILES string of the molecule is Cc1ccc(F)cc1CC(C)(F)CC1CCCCN1. The van der Waals surface area contributed by atoms with Crippen LogP contribution in [0.1, 0.15) is 43.7 Å². The van der Waals surface area contributed by atoms with Gasteiger partial charge in [0.2, 0.25) is 0 Å². The number of rotatable bonds is 4. The number of nitrogens with one attached hydrogen (secondary N) is 1. The average Bonchev–Trinajstić information content (AvgIpc) is 2.34. The summed E-state index contributed by atoms with van der Waals surface area (Å²) in [5.41, 5.74) is 0.454. The van der Waals surface area contributed by atoms with Gasteiger partial charge in [-0.2, -0.15) is 0 Å². The molecule has 0 aliphatic carbocycles. The van der Waals surface area contributed by atoms with E-state index in [2.05, 4.69) is 5.32 Å². The van der Waals surface area contributed by atoms with Gasteiger partial charge in [-0.1, -0.05) is 12.5 Å². The molecule has 2 unspecified atom stereocenters. The molecule has 1 aromatic rings. The first-order chi connectivity index (χ1) is 8.96. The molecule has 3 heteroatoms. The van der Waals surface area contributed by atoms with E-state index in [4.69, 9.17) is 0 Å². The number of benzene rings is 1. The van der Waals surface area contributed by atoms with Crippen LogP contribution in [0.25, 0.3) is 0 Å². The van der Waals surface area contributed by atoms with E-state index in [1.54, 1.807) is 13.0 Å². The number of aryl methyl sites for hydroxylation is 1. The van der Waals surface area contributed by atoms with Gasteiger partial charge >= 0.3 is 0 Å². The molecule has 1 aromatic carbocycles. The maximum Gasteiger partial charge on any atom is 0.123 e. The van der Waals surface area contributed by atoms with E-state index in [0.717, 1.165) is 24.1 Å². The standard InChI is InChI=1S/C16H23F2N/c1-12-6-7-14(17)9-13(12)10-16(2,18)11-15-5-3-4-8-19-15/h6-7,9,15,19H,3-5,8,10-11H2,1-2H3. The van der Waals surface area contributed by atoms with Crippen molar-refractivity contribution < 1.29 is 8.78 Å². The molecule has 1 nitrogen and oxygen atoms in total. The maximum atomic E-state index is 14.7. The minimum absolute atomic E-state index is 0.262. The molecule has 19 heavy (non-hydrogen) atoms. The van der Waals surface area contributed by atoms with Crippen molar-refractivity contribution in [3.63, 3.8) is 0 Å². The minimum atomic E-state index is -1.28. The van der Waals surface area contributed by atoms with Crippen LogP contribution in [0.15, 0.2) is 18.2 Å². The highest BCUT2D eigenvalue weighted by Crippen LogP contribution is 2.27. The van der Waals surface area contributed by atoms with Crippen LogP contribution < -0.4 is 5.32 Å². The second kappa shape index (κ2) is 6.00. The Hall–Kier alpha value is -0.960. The van der Waals surface area contributed by atoms with Crippen molar-refractivity contribution >= 4 is 0 Å². The predicted octanol–water partition coefficient (Wildman–Crippen LogP) is 3.94. The molecule has 0 saturated carbocycles. The number of piperidine rings is 1. The van der Waals surface area contributed by atoms with Crippen LogP contribution in [0.3, 0.4) is 0 Å². The summed E-state index contributed by atoms with van der Waals surface area (Å²) < 4.78 is 28.0. The summed E-state index contributed by atoms with van der Waals surface area (Å²) >= 11 is 0. The van der Waals surface area contributed by atoms with E-state index in [0.29, 0.717) is 6.42 Å². The highest BCUT2D eigenvalue weighted by atomic mass is 19.1. The number of alkyl halides is 1. The molecule has 0 radical (unpaired) electrons. The molecule has 1 N–H and O–H groups in total. The molecule has 0 spiro atoms. The molecule has 1 aliphatic rings. The fourth-order valence-corrected chi connectivity index (χ4v) is 2.91. The van der Waals surface area contributed by atoms with Crippen LogP contribution in [0.4, 0.5) is 8.78 Å². The van der Waals surface area contributed by atoms with E-state index >= 15 is 0 Å². The van der Waals surface area contributed by atoms with Gasteiger partial charge < -0.3 is 5.32 Å². The maximum absolute atomic E-state index is 14.7. The van der Waals surface area contributed by atoms with Crippen molar-refractivity contribution in [2.24, 2.45) is 0 Å². The summed E-state index contributed by atoms with van der Waals surface area (Å²) in [5, 5.41) is 3.37. The van der Waals surface area contributed by atoms with E-state index in [-0.39, 0.29) is 18.3 Å².